The topological polar surface area (TPSA) is 69.2 Å². The van der Waals surface area contributed by atoms with Gasteiger partial charge in [-0.25, -0.2) is 5.43 Å². The molecule has 0 bridgehead atoms. The molecule has 0 aliphatic rings. The molecule has 1 atom stereocenters. The van der Waals surface area contributed by atoms with Crippen LogP contribution in [0.3, 0.4) is 0 Å². The van der Waals surface area contributed by atoms with Crippen molar-refractivity contribution in [1.29, 1.82) is 0 Å². The van der Waals surface area contributed by atoms with Crippen LogP contribution in [0, 0.1) is 0 Å². The Bertz CT molecular complexity index is 1360. The van der Waals surface area contributed by atoms with Crippen LogP contribution < -0.4 is 19.6 Å². The molecule has 0 aliphatic carbocycles. The molecular weight excluding hydrogens is 500 g/mol. The Kier molecular flexibility index (Phi) is 9.37. The van der Waals surface area contributed by atoms with E-state index in [0.29, 0.717) is 35.5 Å². The maximum atomic E-state index is 12.5. The fraction of sp³-hybridized carbons (Fsp3) is 0.161. The van der Waals surface area contributed by atoms with Gasteiger partial charge in [-0.3, -0.25) is 4.79 Å². The second-order valence-corrected chi connectivity index (χ2v) is 8.88. The zero-order valence-electron chi connectivity index (χ0n) is 21.3. The van der Waals surface area contributed by atoms with Crippen LogP contribution in [-0.4, -0.2) is 24.8 Å². The molecular formula is C31H29ClN2O4. The minimum atomic E-state index is -0.725. The van der Waals surface area contributed by atoms with E-state index in [1.165, 1.54) is 0 Å². The predicted octanol–water partition coefficient (Wildman–Crippen LogP) is 6.90. The summed E-state index contributed by atoms with van der Waals surface area (Å²) in [6, 6.07) is 30.6. The van der Waals surface area contributed by atoms with E-state index in [0.717, 1.165) is 22.3 Å². The number of carbonyl (C=O) groups is 1. The normalized spacial score (nSPS) is 11.7. The van der Waals surface area contributed by atoms with Crippen molar-refractivity contribution in [2.75, 3.05) is 6.61 Å². The van der Waals surface area contributed by atoms with Crippen LogP contribution in [0.1, 0.15) is 25.0 Å². The van der Waals surface area contributed by atoms with Gasteiger partial charge in [0.15, 0.2) is 17.6 Å². The van der Waals surface area contributed by atoms with Crippen LogP contribution in [0.5, 0.6) is 17.2 Å². The first-order valence-electron chi connectivity index (χ1n) is 12.3. The van der Waals surface area contributed by atoms with Gasteiger partial charge >= 0.3 is 0 Å². The zero-order valence-corrected chi connectivity index (χ0v) is 22.0. The molecule has 1 N–H and O–H groups in total. The summed E-state index contributed by atoms with van der Waals surface area (Å²) < 4.78 is 17.5. The summed E-state index contributed by atoms with van der Waals surface area (Å²) in [5.74, 6) is 1.45. The Morgan fingerprint density at radius 3 is 2.32 bits per heavy atom. The minimum absolute atomic E-state index is 0.360. The van der Waals surface area contributed by atoms with Gasteiger partial charge in [0.25, 0.3) is 5.91 Å². The Morgan fingerprint density at radius 2 is 1.61 bits per heavy atom. The minimum Gasteiger partial charge on any atom is -0.490 e. The second-order valence-electron chi connectivity index (χ2n) is 8.44. The van der Waals surface area contributed by atoms with Crippen molar-refractivity contribution in [1.82, 2.24) is 5.43 Å². The van der Waals surface area contributed by atoms with Crippen LogP contribution >= 0.6 is 11.6 Å². The molecule has 4 aromatic carbocycles. The highest BCUT2D eigenvalue weighted by Crippen LogP contribution is 2.29. The Hall–Kier alpha value is -4.29. The highest BCUT2D eigenvalue weighted by atomic mass is 35.5. The summed E-state index contributed by atoms with van der Waals surface area (Å²) in [5, 5.41) is 4.76. The van der Waals surface area contributed by atoms with Gasteiger partial charge in [0.05, 0.1) is 12.8 Å². The lowest BCUT2D eigenvalue weighted by molar-refractivity contribution is -0.127. The molecule has 0 spiro atoms. The SMILES string of the molecule is CCOc1cc(/C=N\NC(=O)[C@H](C)Oc2ccc(-c3ccccc3)cc2)ccc1OCc1ccc(Cl)cc1. The Morgan fingerprint density at radius 1 is 0.895 bits per heavy atom. The monoisotopic (exact) mass is 528 g/mol. The van der Waals surface area contributed by atoms with E-state index in [9.17, 15) is 4.79 Å². The average Bonchev–Trinajstić information content (AvgIpc) is 2.94. The largest absolute Gasteiger partial charge is 0.490 e. The molecule has 0 heterocycles. The van der Waals surface area contributed by atoms with Gasteiger partial charge < -0.3 is 14.2 Å². The highest BCUT2D eigenvalue weighted by Gasteiger charge is 2.14. The fourth-order valence-corrected chi connectivity index (χ4v) is 3.74. The molecule has 4 rings (SSSR count). The molecule has 0 saturated heterocycles. The van der Waals surface area contributed by atoms with Crippen molar-refractivity contribution in [2.24, 2.45) is 5.10 Å². The number of ether oxygens (including phenoxy) is 3. The van der Waals surface area contributed by atoms with Gasteiger partial charge in [-0.05, 0) is 78.6 Å². The van der Waals surface area contributed by atoms with Gasteiger partial charge in [-0.2, -0.15) is 5.10 Å². The van der Waals surface area contributed by atoms with Crippen molar-refractivity contribution in [3.05, 3.63) is 113 Å². The molecule has 0 radical (unpaired) electrons. The van der Waals surface area contributed by atoms with Crippen LogP contribution in [-0.2, 0) is 11.4 Å². The second kappa shape index (κ2) is 13.3. The van der Waals surface area contributed by atoms with E-state index in [2.05, 4.69) is 10.5 Å². The Balaban J connectivity index is 1.31. The van der Waals surface area contributed by atoms with Crippen molar-refractivity contribution in [3.8, 4) is 28.4 Å². The molecule has 0 aliphatic heterocycles. The maximum Gasteiger partial charge on any atom is 0.280 e. The molecule has 1 amide bonds. The number of carbonyl (C=O) groups excluding carboxylic acids is 1. The first-order chi connectivity index (χ1) is 18.5. The summed E-state index contributed by atoms with van der Waals surface area (Å²) in [4.78, 5) is 12.5. The number of amides is 1. The molecule has 4 aromatic rings. The van der Waals surface area contributed by atoms with Crippen LogP contribution in [0.2, 0.25) is 5.02 Å². The molecule has 0 unspecified atom stereocenters. The lowest BCUT2D eigenvalue weighted by Gasteiger charge is -2.14. The molecule has 38 heavy (non-hydrogen) atoms. The van der Waals surface area contributed by atoms with Gasteiger partial charge in [0, 0.05) is 5.02 Å². The number of rotatable bonds is 11. The van der Waals surface area contributed by atoms with Crippen molar-refractivity contribution >= 4 is 23.7 Å². The van der Waals surface area contributed by atoms with Gasteiger partial charge in [-0.15, -0.1) is 0 Å². The number of hydrogen-bond acceptors (Lipinski definition) is 5. The van der Waals surface area contributed by atoms with E-state index >= 15 is 0 Å². The number of hydrogen-bond donors (Lipinski definition) is 1. The van der Waals surface area contributed by atoms with E-state index in [-0.39, 0.29) is 5.91 Å². The van der Waals surface area contributed by atoms with Gasteiger partial charge in [0.1, 0.15) is 12.4 Å². The lowest BCUT2D eigenvalue weighted by atomic mass is 10.1. The van der Waals surface area contributed by atoms with Crippen molar-refractivity contribution in [3.63, 3.8) is 0 Å². The summed E-state index contributed by atoms with van der Waals surface area (Å²) in [5.41, 5.74) is 6.47. The van der Waals surface area contributed by atoms with Crippen LogP contribution in [0.25, 0.3) is 11.1 Å². The number of halogens is 1. The average molecular weight is 529 g/mol. The quantitative estimate of drug-likeness (QED) is 0.170. The van der Waals surface area contributed by atoms with E-state index < -0.39 is 6.10 Å². The first kappa shape index (κ1) is 26.8. The van der Waals surface area contributed by atoms with Crippen LogP contribution in [0.4, 0.5) is 0 Å². The number of nitrogens with one attached hydrogen (secondary N) is 1. The third-order valence-corrected chi connectivity index (χ3v) is 5.86. The van der Waals surface area contributed by atoms with Crippen molar-refractivity contribution < 1.29 is 19.0 Å². The third-order valence-electron chi connectivity index (χ3n) is 5.61. The molecule has 7 heteroatoms. The summed E-state index contributed by atoms with van der Waals surface area (Å²) in [7, 11) is 0. The summed E-state index contributed by atoms with van der Waals surface area (Å²) in [6.07, 6.45) is 0.822. The van der Waals surface area contributed by atoms with E-state index in [1.54, 1.807) is 13.1 Å². The highest BCUT2D eigenvalue weighted by molar-refractivity contribution is 6.30. The molecule has 0 fully saturated rings. The smallest absolute Gasteiger partial charge is 0.280 e. The number of nitrogens with zero attached hydrogens (tertiary/aromatic N) is 1. The summed E-state index contributed by atoms with van der Waals surface area (Å²) >= 11 is 5.95. The van der Waals surface area contributed by atoms with E-state index in [4.69, 9.17) is 25.8 Å². The first-order valence-corrected chi connectivity index (χ1v) is 12.7. The summed E-state index contributed by atoms with van der Waals surface area (Å²) in [6.45, 7) is 4.44. The molecule has 0 aromatic heterocycles. The molecule has 6 nitrogen and oxygen atoms in total. The Labute approximate surface area is 227 Å². The zero-order chi connectivity index (χ0) is 26.7. The van der Waals surface area contributed by atoms with Crippen LogP contribution in [0.15, 0.2) is 102 Å². The standard InChI is InChI=1S/C31H29ClN2O4/c1-3-36-30-19-24(11-18-29(30)37-21-23-9-14-27(32)15-10-23)20-33-34-31(35)22(2)38-28-16-12-26(13-17-28)25-7-5-4-6-8-25/h4-20,22H,3,21H2,1-2H3,(H,34,35)/b33-20-/t22-/m0/s1. The van der Waals surface area contributed by atoms with Gasteiger partial charge in [-0.1, -0.05) is 66.2 Å². The molecule has 0 saturated carbocycles. The predicted molar refractivity (Wildman–Crippen MR) is 151 cm³/mol. The van der Waals surface area contributed by atoms with Crippen molar-refractivity contribution in [2.45, 2.75) is 26.6 Å². The number of benzene rings is 4. The van der Waals surface area contributed by atoms with E-state index in [1.807, 2.05) is 104 Å². The van der Waals surface area contributed by atoms with Gasteiger partial charge in [0.2, 0.25) is 0 Å². The lowest BCUT2D eigenvalue weighted by Crippen LogP contribution is -2.33. The third kappa shape index (κ3) is 7.60. The fourth-order valence-electron chi connectivity index (χ4n) is 3.61. The molecule has 194 valence electrons. The maximum absolute atomic E-state index is 12.5. The number of hydrazone groups is 1.